The number of benzene rings is 2. The van der Waals surface area contributed by atoms with E-state index in [0.717, 1.165) is 16.7 Å². The maximum Gasteiger partial charge on any atom is 0.273 e. The second-order valence-corrected chi connectivity index (χ2v) is 9.02. The van der Waals surface area contributed by atoms with Crippen LogP contribution in [0.2, 0.25) is 0 Å². The van der Waals surface area contributed by atoms with Crippen molar-refractivity contribution in [3.05, 3.63) is 105 Å². The van der Waals surface area contributed by atoms with E-state index in [1.807, 2.05) is 54.6 Å². The predicted octanol–water partition coefficient (Wildman–Crippen LogP) is 3.88. The molecular formula is C25H20N6O3. The van der Waals surface area contributed by atoms with Crippen LogP contribution >= 0.6 is 0 Å². The van der Waals surface area contributed by atoms with Crippen LogP contribution in [0, 0.1) is 15.5 Å². The van der Waals surface area contributed by atoms with Crippen LogP contribution in [0.1, 0.15) is 41.5 Å². The van der Waals surface area contributed by atoms with E-state index in [4.69, 9.17) is 0 Å². The number of aromatic nitrogens is 4. The number of nitro groups is 1. The Hall–Kier alpha value is -4.40. The van der Waals surface area contributed by atoms with Gasteiger partial charge in [0.05, 0.1) is 5.41 Å². The molecule has 2 aromatic heterocycles. The fraction of sp³-hybridized carbons (Fsp3) is 0.200. The number of pyridine rings is 1. The maximum atomic E-state index is 13.8. The van der Waals surface area contributed by atoms with E-state index in [9.17, 15) is 14.9 Å². The number of carbonyl (C=O) groups excluding carboxylic acids is 1. The summed E-state index contributed by atoms with van der Waals surface area (Å²) in [5.74, 6) is -0.109. The highest BCUT2D eigenvalue weighted by Crippen LogP contribution is 2.63. The normalized spacial score (nSPS) is 24.2. The number of fused-ring (bicyclic) bond motifs is 1. The highest BCUT2D eigenvalue weighted by atomic mass is 16.6. The Morgan fingerprint density at radius 3 is 2.38 bits per heavy atom. The first-order chi connectivity index (χ1) is 16.4. The van der Waals surface area contributed by atoms with E-state index >= 15 is 0 Å². The molecule has 2 heterocycles. The Kier molecular flexibility index (Phi) is 4.19. The van der Waals surface area contributed by atoms with E-state index in [2.05, 4.69) is 25.5 Å². The molecule has 168 valence electrons. The van der Waals surface area contributed by atoms with Gasteiger partial charge in [-0.2, -0.15) is 4.98 Å². The van der Waals surface area contributed by atoms with E-state index in [-0.39, 0.29) is 29.1 Å². The summed E-state index contributed by atoms with van der Waals surface area (Å²) in [6, 6.07) is 18.4. The van der Waals surface area contributed by atoms with Crippen molar-refractivity contribution >= 4 is 11.9 Å². The lowest BCUT2D eigenvalue weighted by atomic mass is 9.49. The van der Waals surface area contributed by atoms with Gasteiger partial charge in [0.25, 0.3) is 5.54 Å². The van der Waals surface area contributed by atoms with Crippen molar-refractivity contribution in [1.82, 2.24) is 20.2 Å². The highest BCUT2D eigenvalue weighted by Gasteiger charge is 2.67. The van der Waals surface area contributed by atoms with Crippen LogP contribution in [0.5, 0.6) is 0 Å². The molecule has 3 aliphatic carbocycles. The van der Waals surface area contributed by atoms with Gasteiger partial charge in [-0.25, -0.2) is 0 Å². The molecule has 0 saturated carbocycles. The zero-order valence-electron chi connectivity index (χ0n) is 18.2. The SMILES string of the molecule is C[C@]1(C(=O)Nc2n[nH]c(-c3cccnc3)n2)CC2([N+](=O)[O-])c3ccccc3C1c1ccccc12. The molecule has 2 N–H and O–H groups in total. The number of nitrogens with zero attached hydrogens (tertiary/aromatic N) is 4. The molecule has 34 heavy (non-hydrogen) atoms. The third-order valence-corrected chi connectivity index (χ3v) is 7.17. The van der Waals surface area contributed by atoms with Gasteiger partial charge in [-0.05, 0) is 30.2 Å². The number of nitrogens with one attached hydrogen (secondary N) is 2. The molecule has 2 bridgehead atoms. The average Bonchev–Trinajstić information content (AvgIpc) is 3.33. The van der Waals surface area contributed by atoms with Crippen molar-refractivity contribution < 1.29 is 9.72 Å². The Morgan fingerprint density at radius 1 is 1.09 bits per heavy atom. The molecule has 0 spiro atoms. The van der Waals surface area contributed by atoms with Crippen molar-refractivity contribution in [2.24, 2.45) is 5.41 Å². The van der Waals surface area contributed by atoms with Crippen LogP contribution in [0.3, 0.4) is 0 Å². The van der Waals surface area contributed by atoms with Crippen LogP contribution < -0.4 is 5.32 Å². The van der Waals surface area contributed by atoms with Gasteiger partial charge in [-0.15, -0.1) is 5.10 Å². The van der Waals surface area contributed by atoms with Gasteiger partial charge in [0.1, 0.15) is 0 Å². The van der Waals surface area contributed by atoms with Crippen molar-refractivity contribution in [2.45, 2.75) is 24.8 Å². The van der Waals surface area contributed by atoms with Crippen molar-refractivity contribution in [3.63, 3.8) is 0 Å². The standard InChI is InChI=1S/C25H20N6O3/c1-24(22(32)28-23-27-21(29-30-23)15-7-6-12-26-13-15)14-25(31(33)34)18-10-4-2-8-16(18)20(24)17-9-3-5-11-19(17)25/h2-13,20H,14H2,1H3,(H2,27,28,29,30,32)/t20?,24-,25?/m0/s1. The number of H-pyrrole nitrogens is 1. The molecule has 0 saturated heterocycles. The van der Waals surface area contributed by atoms with E-state index in [1.54, 1.807) is 25.4 Å². The zero-order chi connectivity index (χ0) is 23.5. The number of rotatable bonds is 4. The molecule has 3 aliphatic rings. The Morgan fingerprint density at radius 2 is 1.76 bits per heavy atom. The van der Waals surface area contributed by atoms with Gasteiger partial charge >= 0.3 is 0 Å². The predicted molar refractivity (Wildman–Crippen MR) is 123 cm³/mol. The number of hydrogen-bond donors (Lipinski definition) is 2. The van der Waals surface area contributed by atoms with Crippen LogP contribution in [-0.4, -0.2) is 31.0 Å². The summed E-state index contributed by atoms with van der Waals surface area (Å²) in [5, 5.41) is 22.5. The number of amides is 1. The maximum absolute atomic E-state index is 13.8. The van der Waals surface area contributed by atoms with Crippen molar-refractivity contribution in [1.29, 1.82) is 0 Å². The van der Waals surface area contributed by atoms with Crippen molar-refractivity contribution in [3.8, 4) is 11.4 Å². The minimum absolute atomic E-state index is 0.0391. The minimum Gasteiger partial charge on any atom is -0.293 e. The summed E-state index contributed by atoms with van der Waals surface area (Å²) >= 11 is 0. The Labute approximate surface area is 194 Å². The summed E-state index contributed by atoms with van der Waals surface area (Å²) in [5.41, 5.74) is 1.07. The molecule has 0 radical (unpaired) electrons. The van der Waals surface area contributed by atoms with Gasteiger partial charge in [-0.1, -0.05) is 48.5 Å². The molecule has 1 amide bonds. The molecule has 0 unspecified atom stereocenters. The monoisotopic (exact) mass is 452 g/mol. The number of carbonyl (C=O) groups is 1. The molecule has 4 aromatic rings. The van der Waals surface area contributed by atoms with Gasteiger partial charge in [-0.3, -0.25) is 30.3 Å². The van der Waals surface area contributed by atoms with Crippen LogP contribution in [0.25, 0.3) is 11.4 Å². The third kappa shape index (κ3) is 2.60. The number of aromatic amines is 1. The number of hydrogen-bond acceptors (Lipinski definition) is 6. The molecular weight excluding hydrogens is 432 g/mol. The number of anilines is 1. The molecule has 2 aromatic carbocycles. The Bertz CT molecular complexity index is 1400. The minimum atomic E-state index is -1.51. The summed E-state index contributed by atoms with van der Waals surface area (Å²) in [6.07, 6.45) is 3.34. The Balaban J connectivity index is 1.44. The summed E-state index contributed by atoms with van der Waals surface area (Å²) in [4.78, 5) is 34.7. The lowest BCUT2D eigenvalue weighted by molar-refractivity contribution is -0.573. The van der Waals surface area contributed by atoms with Gasteiger partial charge in [0.15, 0.2) is 5.82 Å². The van der Waals surface area contributed by atoms with Gasteiger partial charge in [0, 0.05) is 46.3 Å². The molecule has 9 heteroatoms. The van der Waals surface area contributed by atoms with Crippen LogP contribution in [-0.2, 0) is 10.3 Å². The zero-order valence-corrected chi connectivity index (χ0v) is 18.2. The quantitative estimate of drug-likeness (QED) is 0.357. The first kappa shape index (κ1) is 20.2. The van der Waals surface area contributed by atoms with Crippen molar-refractivity contribution in [2.75, 3.05) is 5.32 Å². The third-order valence-electron chi connectivity index (χ3n) is 7.17. The second-order valence-electron chi connectivity index (χ2n) is 9.02. The lowest BCUT2D eigenvalue weighted by Crippen LogP contribution is -2.57. The van der Waals surface area contributed by atoms with Crippen LogP contribution in [0.15, 0.2) is 73.1 Å². The second kappa shape index (κ2) is 7.05. The largest absolute Gasteiger partial charge is 0.293 e. The van der Waals surface area contributed by atoms with E-state index in [0.29, 0.717) is 17.0 Å². The molecule has 0 fully saturated rings. The van der Waals surface area contributed by atoms with Gasteiger partial charge in [0.2, 0.25) is 11.9 Å². The average molecular weight is 452 g/mol. The van der Waals surface area contributed by atoms with E-state index < -0.39 is 11.0 Å². The summed E-state index contributed by atoms with van der Waals surface area (Å²) in [6.45, 7) is 1.80. The van der Waals surface area contributed by atoms with Crippen LogP contribution in [0.4, 0.5) is 5.95 Å². The summed E-state index contributed by atoms with van der Waals surface area (Å²) < 4.78 is 0. The fourth-order valence-electron chi connectivity index (χ4n) is 5.74. The lowest BCUT2D eigenvalue weighted by Gasteiger charge is -2.52. The first-order valence-electron chi connectivity index (χ1n) is 10.9. The molecule has 7 rings (SSSR count). The molecule has 0 aliphatic heterocycles. The van der Waals surface area contributed by atoms with E-state index in [1.165, 1.54) is 0 Å². The highest BCUT2D eigenvalue weighted by molar-refractivity contribution is 5.96. The topological polar surface area (TPSA) is 127 Å². The fourth-order valence-corrected chi connectivity index (χ4v) is 5.74. The molecule has 1 atom stereocenters. The summed E-state index contributed by atoms with van der Waals surface area (Å²) in [7, 11) is 0. The first-order valence-corrected chi connectivity index (χ1v) is 10.9. The molecule has 9 nitrogen and oxygen atoms in total. The van der Waals surface area contributed by atoms with Gasteiger partial charge < -0.3 is 0 Å². The smallest absolute Gasteiger partial charge is 0.273 e.